The first-order valence-corrected chi connectivity index (χ1v) is 14.2. The summed E-state index contributed by atoms with van der Waals surface area (Å²) in [6.07, 6.45) is 3.11. The molecule has 4 aromatic rings. The molecule has 0 saturated carbocycles. The van der Waals surface area contributed by atoms with E-state index in [4.69, 9.17) is 21.6 Å². The number of anilines is 2. The first-order valence-electron chi connectivity index (χ1n) is 13.8. The Balaban J connectivity index is 1.53. The van der Waals surface area contributed by atoms with Crippen molar-refractivity contribution < 1.29 is 9.18 Å². The van der Waals surface area contributed by atoms with E-state index in [1.54, 1.807) is 21.8 Å². The Kier molecular flexibility index (Phi) is 6.86. The van der Waals surface area contributed by atoms with Crippen LogP contribution in [-0.4, -0.2) is 94.4 Å². The number of hydrogen-bond donors (Lipinski definition) is 0. The topological polar surface area (TPSA) is 73.6 Å². The standard InChI is InChI=1S/C30H34ClFN8O/c1-7-23(41)40-11-10-38(14-18(40)3)29-21-12-22(31)25(24-17(2)8-9-19-13-33-37(6)28(19)24)26(32)27(21)34-30(35-29)39-15-20(16-39)36(4)5/h7-9,12-13,18,20H,1,10-11,14-16H2,2-6H3. The zero-order valence-corrected chi connectivity index (χ0v) is 24.8. The van der Waals surface area contributed by atoms with Crippen molar-refractivity contribution in [3.63, 3.8) is 0 Å². The van der Waals surface area contributed by atoms with E-state index in [1.807, 2.05) is 33.0 Å². The summed E-state index contributed by atoms with van der Waals surface area (Å²) in [7, 11) is 5.95. The van der Waals surface area contributed by atoms with E-state index in [9.17, 15) is 4.79 Å². The molecule has 6 rings (SSSR count). The summed E-state index contributed by atoms with van der Waals surface area (Å²) in [5, 5.41) is 6.15. The number of likely N-dealkylation sites (N-methyl/N-ethyl adjacent to an activating group) is 1. The maximum absolute atomic E-state index is 16.9. The number of nitrogens with zero attached hydrogens (tertiary/aromatic N) is 8. The maximum Gasteiger partial charge on any atom is 0.246 e. The minimum Gasteiger partial charge on any atom is -0.352 e. The second kappa shape index (κ2) is 10.3. The number of benzene rings is 2. The number of rotatable bonds is 5. The molecular weight excluding hydrogens is 543 g/mol. The van der Waals surface area contributed by atoms with Crippen LogP contribution >= 0.6 is 11.6 Å². The van der Waals surface area contributed by atoms with Crippen LogP contribution in [-0.2, 0) is 11.8 Å². The Morgan fingerprint density at radius 1 is 1.15 bits per heavy atom. The lowest BCUT2D eigenvalue weighted by molar-refractivity contribution is -0.128. The van der Waals surface area contributed by atoms with Crippen molar-refractivity contribution in [1.29, 1.82) is 0 Å². The molecule has 2 saturated heterocycles. The molecule has 1 atom stereocenters. The molecule has 1 amide bonds. The molecule has 2 aliphatic rings. The molecular formula is C30H34ClFN8O. The van der Waals surface area contributed by atoms with Crippen LogP contribution in [0.1, 0.15) is 12.5 Å². The minimum absolute atomic E-state index is 0.0745. The zero-order valence-electron chi connectivity index (χ0n) is 24.0. The summed E-state index contributed by atoms with van der Waals surface area (Å²) in [5.74, 6) is 0.538. The van der Waals surface area contributed by atoms with E-state index in [-0.39, 0.29) is 22.5 Å². The highest BCUT2D eigenvalue weighted by Crippen LogP contribution is 2.43. The van der Waals surface area contributed by atoms with E-state index in [0.717, 1.165) is 29.6 Å². The molecule has 214 valence electrons. The van der Waals surface area contributed by atoms with E-state index in [2.05, 4.69) is 40.5 Å². The van der Waals surface area contributed by atoms with Gasteiger partial charge in [-0.15, -0.1) is 0 Å². The summed E-state index contributed by atoms with van der Waals surface area (Å²) >= 11 is 6.93. The Morgan fingerprint density at radius 3 is 2.59 bits per heavy atom. The van der Waals surface area contributed by atoms with E-state index in [1.165, 1.54) is 6.08 Å². The summed E-state index contributed by atoms with van der Waals surface area (Å²) in [4.78, 5) is 30.3. The van der Waals surface area contributed by atoms with Crippen molar-refractivity contribution in [3.8, 4) is 11.1 Å². The van der Waals surface area contributed by atoms with Crippen LogP contribution in [0, 0.1) is 12.7 Å². The minimum atomic E-state index is -0.479. The van der Waals surface area contributed by atoms with Crippen molar-refractivity contribution in [2.45, 2.75) is 25.9 Å². The number of aryl methyl sites for hydroxylation is 2. The van der Waals surface area contributed by atoms with Gasteiger partial charge < -0.3 is 19.6 Å². The van der Waals surface area contributed by atoms with Gasteiger partial charge in [-0.05, 0) is 45.6 Å². The fourth-order valence-electron chi connectivity index (χ4n) is 6.00. The first-order chi connectivity index (χ1) is 19.6. The number of fused-ring (bicyclic) bond motifs is 2. The number of carbonyl (C=O) groups excluding carboxylic acids is 1. The molecule has 41 heavy (non-hydrogen) atoms. The zero-order chi connectivity index (χ0) is 29.2. The van der Waals surface area contributed by atoms with Crippen LogP contribution in [0.2, 0.25) is 5.02 Å². The number of piperazine rings is 1. The molecule has 2 fully saturated rings. The van der Waals surface area contributed by atoms with Gasteiger partial charge in [-0.1, -0.05) is 30.3 Å². The van der Waals surface area contributed by atoms with Gasteiger partial charge in [0.25, 0.3) is 0 Å². The van der Waals surface area contributed by atoms with E-state index in [0.29, 0.717) is 54.0 Å². The van der Waals surface area contributed by atoms with Crippen LogP contribution in [0.25, 0.3) is 32.9 Å². The Labute approximate surface area is 243 Å². The highest BCUT2D eigenvalue weighted by Gasteiger charge is 2.34. The van der Waals surface area contributed by atoms with Crippen LogP contribution < -0.4 is 9.80 Å². The van der Waals surface area contributed by atoms with Gasteiger partial charge in [-0.2, -0.15) is 10.1 Å². The molecule has 11 heteroatoms. The third-order valence-electron chi connectivity index (χ3n) is 8.47. The van der Waals surface area contributed by atoms with Gasteiger partial charge in [0.05, 0.1) is 16.7 Å². The molecule has 1 unspecified atom stereocenters. The monoisotopic (exact) mass is 576 g/mol. The Bertz CT molecular complexity index is 1700. The van der Waals surface area contributed by atoms with Gasteiger partial charge in [0.15, 0.2) is 5.82 Å². The molecule has 2 aromatic carbocycles. The third kappa shape index (κ3) is 4.49. The third-order valence-corrected chi connectivity index (χ3v) is 8.77. The fourth-order valence-corrected chi connectivity index (χ4v) is 6.29. The quantitative estimate of drug-likeness (QED) is 0.329. The molecule has 0 aliphatic carbocycles. The lowest BCUT2D eigenvalue weighted by atomic mass is 9.96. The lowest BCUT2D eigenvalue weighted by Gasteiger charge is -2.43. The van der Waals surface area contributed by atoms with Crippen molar-refractivity contribution in [3.05, 3.63) is 53.5 Å². The molecule has 0 spiro atoms. The average Bonchev–Trinajstić information content (AvgIpc) is 3.28. The molecule has 0 radical (unpaired) electrons. The summed E-state index contributed by atoms with van der Waals surface area (Å²) < 4.78 is 18.6. The maximum atomic E-state index is 16.9. The predicted molar refractivity (Wildman–Crippen MR) is 162 cm³/mol. The number of halogens is 2. The number of aromatic nitrogens is 4. The molecule has 0 N–H and O–H groups in total. The second-order valence-electron chi connectivity index (χ2n) is 11.3. The van der Waals surface area contributed by atoms with E-state index < -0.39 is 5.82 Å². The first kappa shape index (κ1) is 27.4. The Hall–Kier alpha value is -3.76. The SMILES string of the molecule is C=CC(=O)N1CCN(c2nc(N3CC(N(C)C)C3)nc3c(F)c(-c4c(C)ccc5cnn(C)c45)c(Cl)cc23)CC1C. The number of carbonyl (C=O) groups is 1. The van der Waals surface area contributed by atoms with Gasteiger partial charge in [0, 0.05) is 73.8 Å². The summed E-state index contributed by atoms with van der Waals surface area (Å²) in [5.41, 5.74) is 2.95. The molecule has 9 nitrogen and oxygen atoms in total. The second-order valence-corrected chi connectivity index (χ2v) is 11.7. The molecule has 0 bridgehead atoms. The van der Waals surface area contributed by atoms with E-state index >= 15 is 4.39 Å². The Morgan fingerprint density at radius 2 is 1.90 bits per heavy atom. The van der Waals surface area contributed by atoms with Crippen LogP contribution in [0.4, 0.5) is 16.2 Å². The van der Waals surface area contributed by atoms with Crippen molar-refractivity contribution in [2.75, 3.05) is 56.6 Å². The van der Waals surface area contributed by atoms with Gasteiger partial charge >= 0.3 is 0 Å². The summed E-state index contributed by atoms with van der Waals surface area (Å²) in [6, 6.07) is 6.03. The number of amides is 1. The smallest absolute Gasteiger partial charge is 0.246 e. The van der Waals surface area contributed by atoms with Gasteiger partial charge in [-0.25, -0.2) is 9.37 Å². The predicted octanol–water partition coefficient (Wildman–Crippen LogP) is 4.26. The fraction of sp³-hybridized carbons (Fsp3) is 0.400. The summed E-state index contributed by atoms with van der Waals surface area (Å²) in [6.45, 7) is 10.7. The van der Waals surface area contributed by atoms with Crippen molar-refractivity contribution in [2.24, 2.45) is 7.05 Å². The van der Waals surface area contributed by atoms with Gasteiger partial charge in [-0.3, -0.25) is 9.48 Å². The van der Waals surface area contributed by atoms with Crippen molar-refractivity contribution >= 4 is 51.1 Å². The van der Waals surface area contributed by atoms with Gasteiger partial charge in [0.1, 0.15) is 11.3 Å². The lowest BCUT2D eigenvalue weighted by Crippen LogP contribution is -2.58. The normalized spacial score (nSPS) is 18.0. The molecule has 4 heterocycles. The number of hydrogen-bond acceptors (Lipinski definition) is 7. The largest absolute Gasteiger partial charge is 0.352 e. The van der Waals surface area contributed by atoms with Crippen LogP contribution in [0.3, 0.4) is 0 Å². The highest BCUT2D eigenvalue weighted by molar-refractivity contribution is 6.35. The van der Waals surface area contributed by atoms with Crippen LogP contribution in [0.15, 0.2) is 37.1 Å². The highest BCUT2D eigenvalue weighted by atomic mass is 35.5. The average molecular weight is 577 g/mol. The molecule has 2 aromatic heterocycles. The van der Waals surface area contributed by atoms with Crippen LogP contribution in [0.5, 0.6) is 0 Å². The molecule has 2 aliphatic heterocycles. The van der Waals surface area contributed by atoms with Gasteiger partial charge in [0.2, 0.25) is 11.9 Å². The van der Waals surface area contributed by atoms with Crippen molar-refractivity contribution in [1.82, 2.24) is 29.5 Å².